The molecule has 1 amide bonds. The number of hydrogen-bond acceptors (Lipinski definition) is 5. The van der Waals surface area contributed by atoms with Gasteiger partial charge in [-0.1, -0.05) is 25.4 Å². The summed E-state index contributed by atoms with van der Waals surface area (Å²) in [5.74, 6) is 2.10. The Morgan fingerprint density at radius 1 is 1.32 bits per heavy atom. The van der Waals surface area contributed by atoms with E-state index in [9.17, 15) is 4.79 Å². The molecule has 2 aromatic heterocycles. The molecular formula is C23H29ClN4O3. The van der Waals surface area contributed by atoms with Crippen molar-refractivity contribution in [1.29, 1.82) is 0 Å². The number of fused-ring (bicyclic) bond motifs is 1. The third-order valence-electron chi connectivity index (χ3n) is 5.69. The van der Waals surface area contributed by atoms with Crippen molar-refractivity contribution in [1.82, 2.24) is 15.1 Å². The molecule has 8 heteroatoms. The molecule has 1 fully saturated rings. The Kier molecular flexibility index (Phi) is 6.53. The van der Waals surface area contributed by atoms with Crippen LogP contribution in [-0.2, 0) is 11.3 Å². The van der Waals surface area contributed by atoms with Gasteiger partial charge in [0, 0.05) is 33.7 Å². The van der Waals surface area contributed by atoms with E-state index >= 15 is 0 Å². The number of carbonyl (C=O) groups is 1. The van der Waals surface area contributed by atoms with Crippen LogP contribution in [0.25, 0.3) is 11.0 Å². The molecule has 0 aliphatic carbocycles. The molecule has 2 N–H and O–H groups in total. The monoisotopic (exact) mass is 444 g/mol. The van der Waals surface area contributed by atoms with E-state index in [2.05, 4.69) is 29.6 Å². The summed E-state index contributed by atoms with van der Waals surface area (Å²) < 4.78 is 13.3. The van der Waals surface area contributed by atoms with Crippen LogP contribution < -0.4 is 10.6 Å². The molecule has 0 radical (unpaired) electrons. The number of ether oxygens (including phenoxy) is 1. The van der Waals surface area contributed by atoms with E-state index < -0.39 is 6.09 Å². The van der Waals surface area contributed by atoms with Crippen molar-refractivity contribution in [2.24, 2.45) is 5.92 Å². The van der Waals surface area contributed by atoms with E-state index in [0.29, 0.717) is 29.9 Å². The Morgan fingerprint density at radius 3 is 2.84 bits per heavy atom. The Morgan fingerprint density at radius 2 is 2.10 bits per heavy atom. The molecule has 0 bridgehead atoms. The van der Waals surface area contributed by atoms with Gasteiger partial charge >= 0.3 is 6.09 Å². The topological polar surface area (TPSA) is 81.3 Å². The molecule has 1 aliphatic heterocycles. The van der Waals surface area contributed by atoms with Crippen LogP contribution in [0.2, 0.25) is 5.02 Å². The number of amides is 1. The van der Waals surface area contributed by atoms with Crippen molar-refractivity contribution in [2.45, 2.75) is 46.1 Å². The van der Waals surface area contributed by atoms with Gasteiger partial charge in [-0.15, -0.1) is 0 Å². The number of nitrogens with one attached hydrogen (secondary N) is 2. The number of nitrogens with zero attached hydrogens (tertiary/aromatic N) is 2. The maximum absolute atomic E-state index is 12.2. The maximum atomic E-state index is 12.2. The van der Waals surface area contributed by atoms with Crippen LogP contribution in [0.3, 0.4) is 0 Å². The van der Waals surface area contributed by atoms with Gasteiger partial charge < -0.3 is 14.5 Å². The fourth-order valence-electron chi connectivity index (χ4n) is 3.88. The van der Waals surface area contributed by atoms with Gasteiger partial charge in [0.1, 0.15) is 11.3 Å². The molecule has 166 valence electrons. The number of carbonyl (C=O) groups excluding carboxylic acids is 1. The van der Waals surface area contributed by atoms with Gasteiger partial charge in [0.25, 0.3) is 0 Å². The predicted octanol–water partition coefficient (Wildman–Crippen LogP) is 5.31. The molecule has 3 heterocycles. The van der Waals surface area contributed by atoms with Gasteiger partial charge in [0.05, 0.1) is 13.2 Å². The Labute approximate surface area is 187 Å². The summed E-state index contributed by atoms with van der Waals surface area (Å²) in [5.41, 5.74) is 2.68. The largest absolute Gasteiger partial charge is 0.460 e. The number of furan rings is 1. The average molecular weight is 445 g/mol. The van der Waals surface area contributed by atoms with Crippen molar-refractivity contribution in [2.75, 3.05) is 25.0 Å². The van der Waals surface area contributed by atoms with Gasteiger partial charge in [-0.25, -0.2) is 4.79 Å². The Hall–Kier alpha value is -2.51. The average Bonchev–Trinajstić information content (AvgIpc) is 3.31. The molecule has 0 spiro atoms. The number of aryl methyl sites for hydroxylation is 1. The number of rotatable bonds is 6. The van der Waals surface area contributed by atoms with Gasteiger partial charge in [0.15, 0.2) is 5.82 Å². The van der Waals surface area contributed by atoms with Crippen LogP contribution in [0.1, 0.15) is 49.6 Å². The normalized spacial score (nSPS) is 15.0. The van der Waals surface area contributed by atoms with Crippen LogP contribution in [0.15, 0.2) is 28.7 Å². The second-order valence-electron chi connectivity index (χ2n) is 8.53. The predicted molar refractivity (Wildman–Crippen MR) is 122 cm³/mol. The highest BCUT2D eigenvalue weighted by atomic mass is 35.5. The minimum Gasteiger partial charge on any atom is -0.460 e. The summed E-state index contributed by atoms with van der Waals surface area (Å²) in [5, 5.41) is 12.2. The zero-order chi connectivity index (χ0) is 22.0. The summed E-state index contributed by atoms with van der Waals surface area (Å²) >= 11 is 6.34. The highest BCUT2D eigenvalue weighted by molar-refractivity contribution is 6.31. The second-order valence-corrected chi connectivity index (χ2v) is 8.97. The Bertz CT molecular complexity index is 1070. The van der Waals surface area contributed by atoms with Crippen LogP contribution in [0.5, 0.6) is 0 Å². The summed E-state index contributed by atoms with van der Waals surface area (Å²) in [6.45, 7) is 9.01. The van der Waals surface area contributed by atoms with Crippen LogP contribution in [0, 0.1) is 12.8 Å². The molecule has 1 aliphatic rings. The molecule has 3 aromatic rings. The smallest absolute Gasteiger partial charge is 0.412 e. The Balaban J connectivity index is 1.45. The summed E-state index contributed by atoms with van der Waals surface area (Å²) in [4.78, 5) is 12.2. The molecule has 0 saturated carbocycles. The van der Waals surface area contributed by atoms with Crippen molar-refractivity contribution >= 4 is 34.5 Å². The number of aromatic nitrogens is 2. The minimum absolute atomic E-state index is 0.289. The standard InChI is InChI=1S/C23H29ClN4O3/c1-14(2)20-11-17-9-19(24)10-18(22(17)31-20)12-28-15(3)8-21(27-28)26-23(29)30-13-16-4-6-25-7-5-16/h8-11,14,16,25H,4-7,12-13H2,1-3H3,(H,26,27,29). The lowest BCUT2D eigenvalue weighted by Gasteiger charge is -2.21. The fraction of sp³-hybridized carbons (Fsp3) is 0.478. The van der Waals surface area contributed by atoms with Crippen LogP contribution in [-0.4, -0.2) is 35.6 Å². The van der Waals surface area contributed by atoms with E-state index in [1.807, 2.05) is 35.9 Å². The molecule has 0 unspecified atom stereocenters. The van der Waals surface area contributed by atoms with Crippen LogP contribution in [0.4, 0.5) is 10.6 Å². The van der Waals surface area contributed by atoms with Gasteiger partial charge in [0.2, 0.25) is 0 Å². The lowest BCUT2D eigenvalue weighted by Crippen LogP contribution is -2.31. The highest BCUT2D eigenvalue weighted by Crippen LogP contribution is 2.31. The summed E-state index contributed by atoms with van der Waals surface area (Å²) in [6.07, 6.45) is 1.59. The van der Waals surface area contributed by atoms with Crippen molar-refractivity contribution in [3.63, 3.8) is 0 Å². The number of halogens is 1. The first-order valence-electron chi connectivity index (χ1n) is 10.8. The van der Waals surface area contributed by atoms with E-state index in [1.54, 1.807) is 0 Å². The van der Waals surface area contributed by atoms with Crippen molar-refractivity contribution in [3.05, 3.63) is 46.3 Å². The number of anilines is 1. The van der Waals surface area contributed by atoms with Gasteiger partial charge in [-0.05, 0) is 57.0 Å². The third kappa shape index (κ3) is 5.22. The first-order chi connectivity index (χ1) is 14.9. The first-order valence-corrected chi connectivity index (χ1v) is 11.2. The van der Waals surface area contributed by atoms with E-state index in [4.69, 9.17) is 20.8 Å². The molecule has 7 nitrogen and oxygen atoms in total. The van der Waals surface area contributed by atoms with Crippen molar-refractivity contribution < 1.29 is 13.9 Å². The number of piperidine rings is 1. The highest BCUT2D eigenvalue weighted by Gasteiger charge is 2.17. The zero-order valence-corrected chi connectivity index (χ0v) is 19.0. The zero-order valence-electron chi connectivity index (χ0n) is 18.2. The SMILES string of the molecule is Cc1cc(NC(=O)OCC2CCNCC2)nn1Cc1cc(Cl)cc2cc(C(C)C)oc12. The molecule has 1 aromatic carbocycles. The summed E-state index contributed by atoms with van der Waals surface area (Å²) in [6, 6.07) is 7.68. The second kappa shape index (κ2) is 9.32. The maximum Gasteiger partial charge on any atom is 0.412 e. The quantitative estimate of drug-likeness (QED) is 0.538. The minimum atomic E-state index is -0.471. The van der Waals surface area contributed by atoms with E-state index in [1.165, 1.54) is 0 Å². The number of benzene rings is 1. The third-order valence-corrected chi connectivity index (χ3v) is 5.90. The molecular weight excluding hydrogens is 416 g/mol. The first kappa shape index (κ1) is 21.7. The summed E-state index contributed by atoms with van der Waals surface area (Å²) in [7, 11) is 0. The lowest BCUT2D eigenvalue weighted by atomic mass is 9.99. The lowest BCUT2D eigenvalue weighted by molar-refractivity contribution is 0.130. The van der Waals surface area contributed by atoms with Crippen LogP contribution >= 0.6 is 11.6 Å². The molecule has 31 heavy (non-hydrogen) atoms. The number of hydrogen-bond donors (Lipinski definition) is 2. The van der Waals surface area contributed by atoms with Gasteiger partial charge in [-0.2, -0.15) is 5.10 Å². The van der Waals surface area contributed by atoms with E-state index in [-0.39, 0.29) is 5.92 Å². The fourth-order valence-corrected chi connectivity index (χ4v) is 4.13. The molecule has 4 rings (SSSR count). The molecule has 0 atom stereocenters. The molecule has 1 saturated heterocycles. The van der Waals surface area contributed by atoms with E-state index in [0.717, 1.165) is 53.9 Å². The van der Waals surface area contributed by atoms with Gasteiger partial charge in [-0.3, -0.25) is 10.00 Å². The van der Waals surface area contributed by atoms with Crippen molar-refractivity contribution in [3.8, 4) is 0 Å².